The second-order valence-corrected chi connectivity index (χ2v) is 3.07. The highest BCUT2D eigenvalue weighted by Crippen LogP contribution is 2.33. The van der Waals surface area contributed by atoms with Gasteiger partial charge in [0.05, 0.1) is 0 Å². The first kappa shape index (κ1) is 5.30. The minimum atomic E-state index is 0.670. The van der Waals surface area contributed by atoms with Crippen LogP contribution in [0.5, 0.6) is 0 Å². The molecule has 0 radical (unpaired) electrons. The molecular weight excluding hydrogens is 112 g/mol. The van der Waals surface area contributed by atoms with E-state index < -0.39 is 0 Å². The van der Waals surface area contributed by atoms with Crippen LogP contribution in [-0.4, -0.2) is 24.0 Å². The Morgan fingerprint density at radius 1 is 1.78 bits per heavy atom. The van der Waals surface area contributed by atoms with Crippen molar-refractivity contribution in [3.8, 4) is 0 Å². The number of nitrogens with two attached hydrogens (primary N) is 1. The summed E-state index contributed by atoms with van der Waals surface area (Å²) in [5.41, 5.74) is 6.74. The van der Waals surface area contributed by atoms with Crippen LogP contribution in [-0.2, 0) is 0 Å². The van der Waals surface area contributed by atoms with Gasteiger partial charge in [0.25, 0.3) is 0 Å². The summed E-state index contributed by atoms with van der Waals surface area (Å²) in [6.07, 6.45) is 4.60. The fraction of sp³-hybridized carbons (Fsp3) is 0.714. The monoisotopic (exact) mass is 124 g/mol. The average molecular weight is 124 g/mol. The van der Waals surface area contributed by atoms with Crippen molar-refractivity contribution in [3.63, 3.8) is 0 Å². The molecule has 0 amide bonds. The summed E-state index contributed by atoms with van der Waals surface area (Å²) in [5.74, 6) is 0. The molecule has 2 heteroatoms. The number of likely N-dealkylation sites (N-methyl/N-ethyl adjacent to an activating group) is 1. The molecule has 2 atom stereocenters. The van der Waals surface area contributed by atoms with E-state index in [4.69, 9.17) is 5.73 Å². The molecule has 3 rings (SSSR count). The van der Waals surface area contributed by atoms with Gasteiger partial charge in [-0.05, 0) is 19.5 Å². The lowest BCUT2D eigenvalue weighted by atomic mass is 9.84. The molecule has 0 saturated carbocycles. The smallest absolute Gasteiger partial charge is 0.0312 e. The van der Waals surface area contributed by atoms with Gasteiger partial charge in [-0.15, -0.1) is 0 Å². The Bertz CT molecular complexity index is 162. The first-order valence-corrected chi connectivity index (χ1v) is 3.45. The van der Waals surface area contributed by atoms with Crippen molar-refractivity contribution in [2.24, 2.45) is 5.73 Å². The van der Waals surface area contributed by atoms with E-state index in [0.29, 0.717) is 6.04 Å². The Hall–Kier alpha value is -0.500. The summed E-state index contributed by atoms with van der Waals surface area (Å²) < 4.78 is 0. The van der Waals surface area contributed by atoms with Gasteiger partial charge in [-0.25, -0.2) is 0 Å². The molecule has 0 spiro atoms. The molecular formula is C7H12N2. The predicted molar refractivity (Wildman–Crippen MR) is 36.8 cm³/mol. The van der Waals surface area contributed by atoms with Crippen LogP contribution >= 0.6 is 0 Å². The normalized spacial score (nSPS) is 41.7. The van der Waals surface area contributed by atoms with E-state index in [1.807, 2.05) is 0 Å². The second-order valence-electron chi connectivity index (χ2n) is 3.07. The molecule has 0 aromatic rings. The van der Waals surface area contributed by atoms with E-state index in [0.717, 1.165) is 18.2 Å². The maximum Gasteiger partial charge on any atom is 0.0312 e. The fourth-order valence-corrected chi connectivity index (χ4v) is 1.74. The lowest BCUT2D eigenvalue weighted by Crippen LogP contribution is -2.55. The zero-order chi connectivity index (χ0) is 6.43. The summed E-state index contributed by atoms with van der Waals surface area (Å²) in [5, 5.41) is 0. The molecule has 2 bridgehead atoms. The molecule has 9 heavy (non-hydrogen) atoms. The number of rotatable bonds is 0. The van der Waals surface area contributed by atoms with Crippen LogP contribution in [0.25, 0.3) is 0 Å². The third-order valence-corrected chi connectivity index (χ3v) is 2.49. The Kier molecular flexibility index (Phi) is 0.887. The molecule has 2 aliphatic heterocycles. The maximum atomic E-state index is 5.65. The number of nitrogens with zero attached hydrogens (tertiary/aromatic N) is 1. The van der Waals surface area contributed by atoms with Crippen molar-refractivity contribution >= 4 is 0 Å². The SMILES string of the molecule is CN1C2C=C(N)CC1C2. The van der Waals surface area contributed by atoms with E-state index in [2.05, 4.69) is 18.0 Å². The van der Waals surface area contributed by atoms with Gasteiger partial charge in [0, 0.05) is 24.2 Å². The van der Waals surface area contributed by atoms with Gasteiger partial charge >= 0.3 is 0 Å². The zero-order valence-electron chi connectivity index (χ0n) is 5.67. The molecule has 2 unspecified atom stereocenters. The first-order chi connectivity index (χ1) is 4.27. The molecule has 1 fully saturated rings. The summed E-state index contributed by atoms with van der Waals surface area (Å²) in [6, 6.07) is 1.43. The number of hydrogen-bond donors (Lipinski definition) is 1. The number of fused-ring (bicyclic) bond motifs is 1. The predicted octanol–water partition coefficient (Wildman–Crippen LogP) is 0.305. The highest BCUT2D eigenvalue weighted by molar-refractivity contribution is 5.18. The van der Waals surface area contributed by atoms with Gasteiger partial charge < -0.3 is 5.73 Å². The second kappa shape index (κ2) is 1.51. The van der Waals surface area contributed by atoms with Gasteiger partial charge in [-0.1, -0.05) is 0 Å². The Morgan fingerprint density at radius 3 is 2.89 bits per heavy atom. The number of hydrogen-bond acceptors (Lipinski definition) is 2. The van der Waals surface area contributed by atoms with Crippen LogP contribution < -0.4 is 5.73 Å². The van der Waals surface area contributed by atoms with Crippen molar-refractivity contribution in [2.45, 2.75) is 24.9 Å². The Balaban J connectivity index is 2.19. The van der Waals surface area contributed by atoms with E-state index >= 15 is 0 Å². The van der Waals surface area contributed by atoms with Crippen LogP contribution in [0.2, 0.25) is 0 Å². The first-order valence-electron chi connectivity index (χ1n) is 3.45. The molecule has 0 aromatic carbocycles. The van der Waals surface area contributed by atoms with Crippen LogP contribution in [0, 0.1) is 0 Å². The van der Waals surface area contributed by atoms with Gasteiger partial charge in [0.2, 0.25) is 0 Å². The maximum absolute atomic E-state index is 5.65. The third kappa shape index (κ3) is 0.597. The minimum Gasteiger partial charge on any atom is -0.402 e. The largest absolute Gasteiger partial charge is 0.402 e. The summed E-state index contributed by atoms with van der Waals surface area (Å²) >= 11 is 0. The van der Waals surface area contributed by atoms with Crippen molar-refractivity contribution in [3.05, 3.63) is 11.8 Å². The van der Waals surface area contributed by atoms with E-state index in [1.54, 1.807) is 0 Å². The van der Waals surface area contributed by atoms with Crippen LogP contribution in [0.1, 0.15) is 12.8 Å². The van der Waals surface area contributed by atoms with Gasteiger partial charge in [0.1, 0.15) is 0 Å². The molecule has 2 nitrogen and oxygen atoms in total. The summed E-state index contributed by atoms with van der Waals surface area (Å²) in [7, 11) is 2.17. The zero-order valence-corrected chi connectivity index (χ0v) is 5.67. The molecule has 2 N–H and O–H groups in total. The molecule has 2 heterocycles. The topological polar surface area (TPSA) is 29.3 Å². The van der Waals surface area contributed by atoms with E-state index in [1.165, 1.54) is 6.42 Å². The average Bonchev–Trinajstić information content (AvgIpc) is 1.87. The van der Waals surface area contributed by atoms with Crippen LogP contribution in [0.15, 0.2) is 11.8 Å². The van der Waals surface area contributed by atoms with Crippen molar-refractivity contribution < 1.29 is 0 Å². The third-order valence-electron chi connectivity index (χ3n) is 2.49. The van der Waals surface area contributed by atoms with Gasteiger partial charge in [-0.3, -0.25) is 4.90 Å². The molecule has 0 aromatic heterocycles. The fourth-order valence-electron chi connectivity index (χ4n) is 1.74. The van der Waals surface area contributed by atoms with Gasteiger partial charge in [0.15, 0.2) is 0 Å². The van der Waals surface area contributed by atoms with Crippen LogP contribution in [0.4, 0.5) is 0 Å². The lowest BCUT2D eigenvalue weighted by molar-refractivity contribution is 0.0620. The highest BCUT2D eigenvalue weighted by atomic mass is 15.2. The highest BCUT2D eigenvalue weighted by Gasteiger charge is 2.37. The Morgan fingerprint density at radius 2 is 2.56 bits per heavy atom. The summed E-state index contributed by atoms with van der Waals surface area (Å²) in [6.45, 7) is 0. The molecule has 50 valence electrons. The van der Waals surface area contributed by atoms with E-state index in [-0.39, 0.29) is 0 Å². The summed E-state index contributed by atoms with van der Waals surface area (Å²) in [4.78, 5) is 2.39. The lowest BCUT2D eigenvalue weighted by Gasteiger charge is -2.48. The molecule has 1 saturated heterocycles. The van der Waals surface area contributed by atoms with Crippen molar-refractivity contribution in [2.75, 3.05) is 7.05 Å². The quantitative estimate of drug-likeness (QED) is 0.503. The van der Waals surface area contributed by atoms with Gasteiger partial charge in [-0.2, -0.15) is 0 Å². The van der Waals surface area contributed by atoms with Crippen molar-refractivity contribution in [1.82, 2.24) is 4.90 Å². The minimum absolute atomic E-state index is 0.670. The Labute approximate surface area is 55.3 Å². The van der Waals surface area contributed by atoms with Crippen LogP contribution in [0.3, 0.4) is 0 Å². The van der Waals surface area contributed by atoms with E-state index in [9.17, 15) is 0 Å². The molecule has 3 aliphatic rings. The molecule has 1 aliphatic carbocycles. The standard InChI is InChI=1S/C7H12N2/c1-9-6-2-5(8)3-7(9)4-6/h2,6-7H,3-4,8H2,1H3. The van der Waals surface area contributed by atoms with Crippen molar-refractivity contribution in [1.29, 1.82) is 0 Å².